The van der Waals surface area contributed by atoms with Gasteiger partial charge in [-0.2, -0.15) is 0 Å². The lowest BCUT2D eigenvalue weighted by molar-refractivity contribution is 0.0525. The average molecular weight is 479 g/mol. The van der Waals surface area contributed by atoms with Crippen molar-refractivity contribution in [2.45, 2.75) is 20.1 Å². The van der Waals surface area contributed by atoms with E-state index in [2.05, 4.69) is 4.98 Å². The minimum atomic E-state index is -0.453. The molecule has 0 fully saturated rings. The van der Waals surface area contributed by atoms with Crippen LogP contribution in [-0.4, -0.2) is 27.2 Å². The predicted octanol–water partition coefficient (Wildman–Crippen LogP) is 6.21. The number of phenolic OH excluding ortho intramolecular Hbond substituents is 1. The van der Waals surface area contributed by atoms with Crippen LogP contribution in [0.4, 0.5) is 0 Å². The number of aromatic nitrogens is 2. The third-order valence-corrected chi connectivity index (χ3v) is 6.04. The van der Waals surface area contributed by atoms with E-state index >= 15 is 0 Å². The van der Waals surface area contributed by atoms with Gasteiger partial charge in [-0.25, -0.2) is 4.79 Å². The van der Waals surface area contributed by atoms with E-state index in [1.807, 2.05) is 83.4 Å². The molecule has 0 unspecified atom stereocenters. The molecular formula is C30H26N2O4. The molecule has 6 nitrogen and oxygen atoms in total. The fraction of sp³-hybridized carbons (Fsp3) is 0.133. The standard InChI is InChI=1S/C30H26N2O4/c1-2-35-30(34)29-25-17-28(33)24(22-11-5-3-6-12-22)16-26(25)32(19-21-10-9-15-31-18-21)27(29)20-36-23-13-7-4-8-14-23/h3-18,33H,2,19-20H2,1H3. The summed E-state index contributed by atoms with van der Waals surface area (Å²) in [6.45, 7) is 2.63. The van der Waals surface area contributed by atoms with Crippen molar-refractivity contribution in [3.8, 4) is 22.6 Å². The lowest BCUT2D eigenvalue weighted by Crippen LogP contribution is -2.13. The lowest BCUT2D eigenvalue weighted by Gasteiger charge is -2.14. The van der Waals surface area contributed by atoms with Gasteiger partial charge in [-0.15, -0.1) is 0 Å². The van der Waals surface area contributed by atoms with Crippen LogP contribution in [-0.2, 0) is 17.9 Å². The number of rotatable bonds is 8. The van der Waals surface area contributed by atoms with E-state index in [1.165, 1.54) is 0 Å². The van der Waals surface area contributed by atoms with Crippen molar-refractivity contribution in [3.63, 3.8) is 0 Å². The number of para-hydroxylation sites is 1. The van der Waals surface area contributed by atoms with Gasteiger partial charge in [0, 0.05) is 29.9 Å². The van der Waals surface area contributed by atoms with Crippen molar-refractivity contribution in [2.24, 2.45) is 0 Å². The molecule has 3 aromatic carbocycles. The highest BCUT2D eigenvalue weighted by Gasteiger charge is 2.26. The number of benzene rings is 3. The molecule has 0 bridgehead atoms. The lowest BCUT2D eigenvalue weighted by atomic mass is 10.0. The number of hydrogen-bond acceptors (Lipinski definition) is 5. The van der Waals surface area contributed by atoms with Crippen LogP contribution in [0.3, 0.4) is 0 Å². The summed E-state index contributed by atoms with van der Waals surface area (Å²) in [7, 11) is 0. The summed E-state index contributed by atoms with van der Waals surface area (Å²) < 4.78 is 13.6. The fourth-order valence-corrected chi connectivity index (χ4v) is 4.39. The van der Waals surface area contributed by atoms with E-state index in [0.29, 0.717) is 34.5 Å². The van der Waals surface area contributed by atoms with E-state index in [4.69, 9.17) is 9.47 Å². The van der Waals surface area contributed by atoms with Crippen LogP contribution in [0, 0.1) is 0 Å². The molecule has 2 aromatic heterocycles. The molecule has 0 saturated heterocycles. The predicted molar refractivity (Wildman–Crippen MR) is 139 cm³/mol. The second kappa shape index (κ2) is 10.4. The van der Waals surface area contributed by atoms with Gasteiger partial charge in [0.05, 0.1) is 23.4 Å². The monoisotopic (exact) mass is 478 g/mol. The minimum absolute atomic E-state index is 0.0910. The van der Waals surface area contributed by atoms with E-state index in [-0.39, 0.29) is 19.0 Å². The molecule has 0 atom stereocenters. The second-order valence-corrected chi connectivity index (χ2v) is 8.34. The van der Waals surface area contributed by atoms with Crippen LogP contribution < -0.4 is 4.74 Å². The molecule has 36 heavy (non-hydrogen) atoms. The maximum absolute atomic E-state index is 13.2. The number of ether oxygens (including phenoxy) is 2. The number of phenols is 1. The largest absolute Gasteiger partial charge is 0.507 e. The first kappa shape index (κ1) is 23.2. The number of fused-ring (bicyclic) bond motifs is 1. The second-order valence-electron chi connectivity index (χ2n) is 8.34. The van der Waals surface area contributed by atoms with Gasteiger partial charge in [-0.05, 0) is 48.4 Å². The molecule has 0 aliphatic carbocycles. The third kappa shape index (κ3) is 4.66. The Bertz CT molecular complexity index is 1480. The Morgan fingerprint density at radius 1 is 0.972 bits per heavy atom. The van der Waals surface area contributed by atoms with Gasteiger partial charge in [0.1, 0.15) is 18.1 Å². The van der Waals surface area contributed by atoms with Gasteiger partial charge in [-0.3, -0.25) is 4.98 Å². The Labute approximate surface area is 209 Å². The first-order chi connectivity index (χ1) is 17.7. The van der Waals surface area contributed by atoms with Crippen molar-refractivity contribution in [2.75, 3.05) is 6.61 Å². The minimum Gasteiger partial charge on any atom is -0.507 e. The first-order valence-corrected chi connectivity index (χ1v) is 11.8. The van der Waals surface area contributed by atoms with Gasteiger partial charge in [0.2, 0.25) is 0 Å². The zero-order valence-corrected chi connectivity index (χ0v) is 19.9. The summed E-state index contributed by atoms with van der Waals surface area (Å²) in [5.74, 6) is 0.331. The van der Waals surface area contributed by atoms with Crippen LogP contribution in [0.5, 0.6) is 11.5 Å². The number of nitrogens with zero attached hydrogens (tertiary/aromatic N) is 2. The zero-order valence-electron chi connectivity index (χ0n) is 19.9. The fourth-order valence-electron chi connectivity index (χ4n) is 4.39. The van der Waals surface area contributed by atoms with Crippen LogP contribution in [0.2, 0.25) is 0 Å². The Balaban J connectivity index is 1.73. The molecule has 0 saturated carbocycles. The van der Waals surface area contributed by atoms with Crippen LogP contribution in [0.25, 0.3) is 22.0 Å². The van der Waals surface area contributed by atoms with Gasteiger partial charge in [0.25, 0.3) is 0 Å². The summed E-state index contributed by atoms with van der Waals surface area (Å²) in [5.41, 5.74) is 4.39. The highest BCUT2D eigenvalue weighted by atomic mass is 16.5. The Hall–Kier alpha value is -4.58. The summed E-state index contributed by atoms with van der Waals surface area (Å²) in [4.78, 5) is 17.5. The number of carbonyl (C=O) groups is 1. The van der Waals surface area contributed by atoms with Gasteiger partial charge >= 0.3 is 5.97 Å². The Kier molecular flexibility index (Phi) is 6.67. The van der Waals surface area contributed by atoms with Crippen molar-refractivity contribution in [3.05, 3.63) is 114 Å². The van der Waals surface area contributed by atoms with Gasteiger partial charge < -0.3 is 19.1 Å². The highest BCUT2D eigenvalue weighted by molar-refractivity contribution is 6.07. The van der Waals surface area contributed by atoms with E-state index in [0.717, 1.165) is 16.6 Å². The van der Waals surface area contributed by atoms with Gasteiger partial charge in [0.15, 0.2) is 0 Å². The number of esters is 1. The number of pyridine rings is 1. The van der Waals surface area contributed by atoms with Crippen LogP contribution >= 0.6 is 0 Å². The maximum Gasteiger partial charge on any atom is 0.340 e. The molecule has 2 heterocycles. The molecule has 1 N–H and O–H groups in total. The van der Waals surface area contributed by atoms with Crippen LogP contribution in [0.15, 0.2) is 97.3 Å². The quantitative estimate of drug-likeness (QED) is 0.268. The SMILES string of the molecule is CCOC(=O)c1c(COc2ccccc2)n(Cc2cccnc2)c2cc(-c3ccccc3)c(O)cc12. The van der Waals surface area contributed by atoms with E-state index < -0.39 is 5.97 Å². The molecule has 6 heteroatoms. The molecule has 0 aliphatic heterocycles. The molecule has 5 aromatic rings. The molecule has 0 amide bonds. The third-order valence-electron chi connectivity index (χ3n) is 6.04. The normalized spacial score (nSPS) is 10.9. The summed E-state index contributed by atoms with van der Waals surface area (Å²) in [6, 6.07) is 26.6. The Morgan fingerprint density at radius 2 is 1.72 bits per heavy atom. The highest BCUT2D eigenvalue weighted by Crippen LogP contribution is 2.38. The van der Waals surface area contributed by atoms with E-state index in [9.17, 15) is 9.90 Å². The average Bonchev–Trinajstić information content (AvgIpc) is 3.20. The maximum atomic E-state index is 13.2. The molecule has 5 rings (SSSR count). The first-order valence-electron chi connectivity index (χ1n) is 11.8. The molecule has 0 spiro atoms. The molecule has 180 valence electrons. The van der Waals surface area contributed by atoms with Gasteiger partial charge in [-0.1, -0.05) is 54.6 Å². The summed E-state index contributed by atoms with van der Waals surface area (Å²) in [6.07, 6.45) is 3.53. The molecule has 0 aliphatic rings. The number of carbonyl (C=O) groups excluding carboxylic acids is 1. The summed E-state index contributed by atoms with van der Waals surface area (Å²) in [5, 5.41) is 11.6. The van der Waals surface area contributed by atoms with Crippen molar-refractivity contribution in [1.82, 2.24) is 9.55 Å². The van der Waals surface area contributed by atoms with Crippen molar-refractivity contribution < 1.29 is 19.4 Å². The van der Waals surface area contributed by atoms with Crippen LogP contribution in [0.1, 0.15) is 28.5 Å². The van der Waals surface area contributed by atoms with Crippen molar-refractivity contribution >= 4 is 16.9 Å². The summed E-state index contributed by atoms with van der Waals surface area (Å²) >= 11 is 0. The molecular weight excluding hydrogens is 452 g/mol. The smallest absolute Gasteiger partial charge is 0.340 e. The van der Waals surface area contributed by atoms with E-state index in [1.54, 1.807) is 25.4 Å². The number of aromatic hydroxyl groups is 1. The molecule has 0 radical (unpaired) electrons. The topological polar surface area (TPSA) is 73.6 Å². The Morgan fingerprint density at radius 3 is 2.42 bits per heavy atom. The number of hydrogen-bond donors (Lipinski definition) is 1. The van der Waals surface area contributed by atoms with Crippen molar-refractivity contribution in [1.29, 1.82) is 0 Å². The zero-order chi connectivity index (χ0) is 24.9.